The number of carbonyl (C=O) groups is 2. The number of rotatable bonds is 2. The van der Waals surface area contributed by atoms with Crippen molar-refractivity contribution in [2.75, 3.05) is 10.6 Å². The van der Waals surface area contributed by atoms with E-state index in [4.69, 9.17) is 0 Å². The minimum Gasteiger partial charge on any atom is -0.324 e. The van der Waals surface area contributed by atoms with E-state index in [1.54, 1.807) is 12.1 Å². The van der Waals surface area contributed by atoms with E-state index in [-0.39, 0.29) is 17.1 Å². The Balaban J connectivity index is 1.87. The molecule has 1 heterocycles. The fourth-order valence-corrected chi connectivity index (χ4v) is 3.84. The van der Waals surface area contributed by atoms with Gasteiger partial charge in [0.2, 0.25) is 5.91 Å². The molecule has 124 valence electrons. The molecule has 24 heavy (non-hydrogen) atoms. The summed E-state index contributed by atoms with van der Waals surface area (Å²) in [5.41, 5.74) is 5.32. The van der Waals surface area contributed by atoms with Crippen LogP contribution in [0.4, 0.5) is 11.4 Å². The molecule has 0 aromatic heterocycles. The predicted molar refractivity (Wildman–Crippen MR) is 99.0 cm³/mol. The number of hydrogen-bond acceptors (Lipinski definition) is 3. The summed E-state index contributed by atoms with van der Waals surface area (Å²) in [7, 11) is 0. The van der Waals surface area contributed by atoms with E-state index in [9.17, 15) is 9.59 Å². The number of amides is 2. The van der Waals surface area contributed by atoms with Crippen LogP contribution in [-0.4, -0.2) is 17.1 Å². The first-order valence-electron chi connectivity index (χ1n) is 7.86. The van der Waals surface area contributed by atoms with Crippen LogP contribution in [0.5, 0.6) is 0 Å². The maximum Gasteiger partial charge on any atom is 0.255 e. The Labute approximate surface area is 146 Å². The molecule has 0 radical (unpaired) electrons. The minimum absolute atomic E-state index is 0.0321. The average molecular weight is 340 g/mol. The van der Waals surface area contributed by atoms with E-state index in [0.717, 1.165) is 21.7 Å². The molecule has 0 aliphatic carbocycles. The molecule has 1 atom stereocenters. The Bertz CT molecular complexity index is 822. The summed E-state index contributed by atoms with van der Waals surface area (Å²) >= 11 is 1.51. The first-order chi connectivity index (χ1) is 11.3. The molecule has 0 saturated carbocycles. The summed E-state index contributed by atoms with van der Waals surface area (Å²) in [6.45, 7) is 7.88. The fourth-order valence-electron chi connectivity index (χ4n) is 2.91. The van der Waals surface area contributed by atoms with Crippen molar-refractivity contribution in [1.29, 1.82) is 0 Å². The molecule has 0 saturated heterocycles. The summed E-state index contributed by atoms with van der Waals surface area (Å²) in [6, 6.07) is 9.52. The van der Waals surface area contributed by atoms with Crippen LogP contribution in [0.15, 0.2) is 35.2 Å². The minimum atomic E-state index is -0.175. The molecule has 2 aromatic carbocycles. The highest BCUT2D eigenvalue weighted by Gasteiger charge is 2.23. The molecule has 1 aliphatic heterocycles. The number of fused-ring (bicyclic) bond motifs is 1. The summed E-state index contributed by atoms with van der Waals surface area (Å²) in [5.74, 6) is -0.207. The molecule has 0 unspecified atom stereocenters. The van der Waals surface area contributed by atoms with Crippen LogP contribution in [-0.2, 0) is 4.79 Å². The van der Waals surface area contributed by atoms with Crippen molar-refractivity contribution in [3.8, 4) is 0 Å². The molecule has 2 aromatic rings. The Morgan fingerprint density at radius 2 is 1.79 bits per heavy atom. The molecule has 3 rings (SSSR count). The zero-order valence-electron chi connectivity index (χ0n) is 14.2. The molecular weight excluding hydrogens is 320 g/mol. The summed E-state index contributed by atoms with van der Waals surface area (Å²) in [4.78, 5) is 25.4. The Morgan fingerprint density at radius 1 is 1.12 bits per heavy atom. The van der Waals surface area contributed by atoms with E-state index >= 15 is 0 Å². The Kier molecular flexibility index (Phi) is 4.37. The zero-order valence-corrected chi connectivity index (χ0v) is 15.0. The van der Waals surface area contributed by atoms with Crippen LogP contribution in [0.1, 0.15) is 34.0 Å². The first kappa shape index (κ1) is 16.6. The van der Waals surface area contributed by atoms with Crippen LogP contribution in [0.2, 0.25) is 0 Å². The second kappa shape index (κ2) is 6.32. The number of benzene rings is 2. The molecule has 5 heteroatoms. The number of anilines is 2. The highest BCUT2D eigenvalue weighted by molar-refractivity contribution is 8.00. The van der Waals surface area contributed by atoms with Gasteiger partial charge in [-0.05, 0) is 57.0 Å². The van der Waals surface area contributed by atoms with Crippen molar-refractivity contribution in [3.63, 3.8) is 0 Å². The van der Waals surface area contributed by atoms with Crippen molar-refractivity contribution >= 4 is 35.0 Å². The summed E-state index contributed by atoms with van der Waals surface area (Å²) in [5, 5.41) is 5.73. The van der Waals surface area contributed by atoms with Gasteiger partial charge in [0.05, 0.1) is 10.9 Å². The lowest BCUT2D eigenvalue weighted by molar-refractivity contribution is -0.115. The maximum absolute atomic E-state index is 12.6. The molecule has 4 nitrogen and oxygen atoms in total. The van der Waals surface area contributed by atoms with E-state index in [0.29, 0.717) is 11.3 Å². The second-order valence-corrected chi connectivity index (χ2v) is 7.57. The van der Waals surface area contributed by atoms with Gasteiger partial charge in [-0.15, -0.1) is 11.8 Å². The zero-order chi connectivity index (χ0) is 17.4. The van der Waals surface area contributed by atoms with Gasteiger partial charge in [-0.1, -0.05) is 17.7 Å². The van der Waals surface area contributed by atoms with Crippen LogP contribution in [0.25, 0.3) is 0 Å². The first-order valence-corrected chi connectivity index (χ1v) is 8.74. The highest BCUT2D eigenvalue weighted by Crippen LogP contribution is 2.36. The van der Waals surface area contributed by atoms with E-state index < -0.39 is 0 Å². The van der Waals surface area contributed by atoms with Crippen LogP contribution in [0.3, 0.4) is 0 Å². The van der Waals surface area contributed by atoms with E-state index in [1.807, 2.05) is 45.9 Å². The molecule has 0 bridgehead atoms. The van der Waals surface area contributed by atoms with Gasteiger partial charge in [0.25, 0.3) is 5.91 Å². The second-order valence-electron chi connectivity index (χ2n) is 6.19. The number of thioether (sulfide) groups is 1. The highest BCUT2D eigenvalue weighted by atomic mass is 32.2. The third kappa shape index (κ3) is 3.17. The topological polar surface area (TPSA) is 58.2 Å². The van der Waals surface area contributed by atoms with Gasteiger partial charge in [0.1, 0.15) is 0 Å². The Morgan fingerprint density at radius 3 is 2.46 bits per heavy atom. The molecule has 1 aliphatic rings. The smallest absolute Gasteiger partial charge is 0.255 e. The third-order valence-electron chi connectivity index (χ3n) is 4.09. The van der Waals surface area contributed by atoms with Crippen molar-refractivity contribution in [3.05, 3.63) is 52.6 Å². The summed E-state index contributed by atoms with van der Waals surface area (Å²) in [6.07, 6.45) is 0. The van der Waals surface area contributed by atoms with Crippen LogP contribution >= 0.6 is 11.8 Å². The normalized spacial score (nSPS) is 16.3. The van der Waals surface area contributed by atoms with Gasteiger partial charge in [-0.25, -0.2) is 0 Å². The number of aryl methyl sites for hydroxylation is 3. The van der Waals surface area contributed by atoms with Crippen molar-refractivity contribution in [2.45, 2.75) is 37.8 Å². The average Bonchev–Trinajstić information content (AvgIpc) is 2.51. The van der Waals surface area contributed by atoms with E-state index in [1.165, 1.54) is 17.3 Å². The van der Waals surface area contributed by atoms with Crippen molar-refractivity contribution < 1.29 is 9.59 Å². The number of hydrogen-bond donors (Lipinski definition) is 2. The Hall–Kier alpha value is -2.27. The van der Waals surface area contributed by atoms with Gasteiger partial charge < -0.3 is 10.6 Å². The molecule has 0 spiro atoms. The van der Waals surface area contributed by atoms with Gasteiger partial charge in [-0.2, -0.15) is 0 Å². The molecule has 0 fully saturated rings. The maximum atomic E-state index is 12.6. The van der Waals surface area contributed by atoms with Gasteiger partial charge >= 0.3 is 0 Å². The van der Waals surface area contributed by atoms with Crippen LogP contribution < -0.4 is 10.6 Å². The lowest BCUT2D eigenvalue weighted by Gasteiger charge is -2.22. The number of nitrogens with one attached hydrogen (secondary N) is 2. The summed E-state index contributed by atoms with van der Waals surface area (Å²) < 4.78 is 0. The van der Waals surface area contributed by atoms with Gasteiger partial charge in [0, 0.05) is 16.1 Å². The molecular formula is C19H20N2O2S. The standard InChI is InChI=1S/C19H20N2O2S/c1-10-7-11(2)17(12(3)8-10)21-19(23)14-5-6-16-15(9-14)20-18(22)13(4)24-16/h5-9,13H,1-4H3,(H,20,22)(H,21,23)/t13-/m1/s1. The van der Waals surface area contributed by atoms with Crippen LogP contribution in [0, 0.1) is 20.8 Å². The van der Waals surface area contributed by atoms with Gasteiger partial charge in [-0.3, -0.25) is 9.59 Å². The SMILES string of the molecule is Cc1cc(C)c(NC(=O)c2ccc3c(c2)NC(=O)[C@@H](C)S3)c(C)c1. The van der Waals surface area contributed by atoms with Gasteiger partial charge in [0.15, 0.2) is 0 Å². The molecule has 2 N–H and O–H groups in total. The fraction of sp³-hybridized carbons (Fsp3) is 0.263. The predicted octanol–water partition coefficient (Wildman–Crippen LogP) is 4.30. The monoisotopic (exact) mass is 340 g/mol. The largest absolute Gasteiger partial charge is 0.324 e. The number of carbonyl (C=O) groups excluding carboxylic acids is 2. The van der Waals surface area contributed by atoms with E-state index in [2.05, 4.69) is 10.6 Å². The third-order valence-corrected chi connectivity index (χ3v) is 5.27. The lowest BCUT2D eigenvalue weighted by atomic mass is 10.0. The quantitative estimate of drug-likeness (QED) is 0.857. The molecule has 2 amide bonds. The lowest BCUT2D eigenvalue weighted by Crippen LogP contribution is -2.26. The van der Waals surface area contributed by atoms with Crippen molar-refractivity contribution in [1.82, 2.24) is 0 Å². The van der Waals surface area contributed by atoms with Crippen molar-refractivity contribution in [2.24, 2.45) is 0 Å².